The molecule has 1 amide bonds. The molecule has 0 fully saturated rings. The molecule has 0 aliphatic heterocycles. The van der Waals surface area contributed by atoms with Crippen LogP contribution in [-0.2, 0) is 11.3 Å². The van der Waals surface area contributed by atoms with Gasteiger partial charge in [0.2, 0.25) is 5.91 Å². The molecule has 9 heteroatoms. The number of ether oxygens (including phenoxy) is 2. The molecule has 146 valence electrons. The summed E-state index contributed by atoms with van der Waals surface area (Å²) >= 11 is 6.07. The van der Waals surface area contributed by atoms with Gasteiger partial charge in [-0.05, 0) is 42.8 Å². The quantitative estimate of drug-likeness (QED) is 0.679. The summed E-state index contributed by atoms with van der Waals surface area (Å²) < 4.78 is 16.4. The highest BCUT2D eigenvalue weighted by atomic mass is 35.5. The summed E-state index contributed by atoms with van der Waals surface area (Å²) in [7, 11) is 3.02. The SMILES string of the molecule is COc1ccc(-c2noc(=O)n2CC(=O)Nc2cccc(Cl)c2C)cc1OC. The van der Waals surface area contributed by atoms with Crippen molar-refractivity contribution >= 4 is 23.2 Å². The second kappa shape index (κ2) is 8.18. The maximum absolute atomic E-state index is 12.5. The van der Waals surface area contributed by atoms with Gasteiger partial charge in [-0.2, -0.15) is 0 Å². The Labute approximate surface area is 165 Å². The van der Waals surface area contributed by atoms with E-state index in [4.69, 9.17) is 25.6 Å². The van der Waals surface area contributed by atoms with Gasteiger partial charge in [-0.15, -0.1) is 0 Å². The number of hydrogen-bond acceptors (Lipinski definition) is 6. The number of benzene rings is 2. The lowest BCUT2D eigenvalue weighted by Gasteiger charge is -2.11. The number of rotatable bonds is 6. The molecule has 3 rings (SSSR count). The Morgan fingerprint density at radius 2 is 1.96 bits per heavy atom. The summed E-state index contributed by atoms with van der Waals surface area (Å²) in [5, 5.41) is 7.06. The van der Waals surface area contributed by atoms with E-state index < -0.39 is 11.7 Å². The Morgan fingerprint density at radius 3 is 2.68 bits per heavy atom. The number of carbonyl (C=O) groups is 1. The van der Waals surface area contributed by atoms with Crippen LogP contribution in [0.2, 0.25) is 5.02 Å². The Kier molecular flexibility index (Phi) is 5.70. The molecule has 0 unspecified atom stereocenters. The topological polar surface area (TPSA) is 95.6 Å². The normalized spacial score (nSPS) is 10.6. The highest BCUT2D eigenvalue weighted by molar-refractivity contribution is 6.31. The number of aromatic nitrogens is 2. The summed E-state index contributed by atoms with van der Waals surface area (Å²) in [5.74, 6) is 0.0166. The predicted molar refractivity (Wildman–Crippen MR) is 104 cm³/mol. The minimum Gasteiger partial charge on any atom is -0.493 e. The zero-order valence-corrected chi connectivity index (χ0v) is 16.2. The van der Waals surface area contributed by atoms with Gasteiger partial charge in [0, 0.05) is 16.3 Å². The molecule has 1 aromatic heterocycles. The summed E-state index contributed by atoms with van der Waals surface area (Å²) in [6.07, 6.45) is 0. The molecular weight excluding hydrogens is 386 g/mol. The van der Waals surface area contributed by atoms with Crippen LogP contribution in [0.4, 0.5) is 5.69 Å². The third kappa shape index (κ3) is 3.86. The van der Waals surface area contributed by atoms with Crippen molar-refractivity contribution in [3.05, 3.63) is 57.5 Å². The summed E-state index contributed by atoms with van der Waals surface area (Å²) in [6, 6.07) is 10.2. The molecule has 0 saturated heterocycles. The predicted octanol–water partition coefficient (Wildman–Crippen LogP) is 3.12. The molecule has 3 aromatic rings. The van der Waals surface area contributed by atoms with Gasteiger partial charge < -0.3 is 14.8 Å². The van der Waals surface area contributed by atoms with E-state index >= 15 is 0 Å². The molecule has 0 bridgehead atoms. The molecular formula is C19H18ClN3O5. The number of amides is 1. The maximum atomic E-state index is 12.5. The molecule has 0 aliphatic rings. The van der Waals surface area contributed by atoms with Crippen LogP contribution in [0.15, 0.2) is 45.7 Å². The lowest BCUT2D eigenvalue weighted by atomic mass is 10.2. The van der Waals surface area contributed by atoms with Crippen molar-refractivity contribution in [2.75, 3.05) is 19.5 Å². The Bertz CT molecular complexity index is 1070. The van der Waals surface area contributed by atoms with Gasteiger partial charge >= 0.3 is 5.76 Å². The average molecular weight is 404 g/mol. The first-order valence-electron chi connectivity index (χ1n) is 8.28. The molecule has 2 aromatic carbocycles. The minimum absolute atomic E-state index is 0.198. The molecule has 0 radical (unpaired) electrons. The van der Waals surface area contributed by atoms with Crippen molar-refractivity contribution in [2.24, 2.45) is 0 Å². The number of carbonyl (C=O) groups excluding carboxylic acids is 1. The smallest absolute Gasteiger partial charge is 0.442 e. The van der Waals surface area contributed by atoms with E-state index in [9.17, 15) is 9.59 Å². The fourth-order valence-corrected chi connectivity index (χ4v) is 2.84. The third-order valence-corrected chi connectivity index (χ3v) is 4.58. The lowest BCUT2D eigenvalue weighted by molar-refractivity contribution is -0.116. The second-order valence-electron chi connectivity index (χ2n) is 5.89. The monoisotopic (exact) mass is 403 g/mol. The zero-order chi connectivity index (χ0) is 20.3. The Morgan fingerprint density at radius 1 is 1.21 bits per heavy atom. The van der Waals surface area contributed by atoms with Crippen LogP contribution in [0.25, 0.3) is 11.4 Å². The van der Waals surface area contributed by atoms with Gasteiger partial charge in [-0.1, -0.05) is 22.8 Å². The van der Waals surface area contributed by atoms with Gasteiger partial charge in [0.05, 0.1) is 14.2 Å². The second-order valence-corrected chi connectivity index (χ2v) is 6.30. The summed E-state index contributed by atoms with van der Waals surface area (Å²) in [5.41, 5.74) is 1.83. The van der Waals surface area contributed by atoms with Crippen LogP contribution in [-0.4, -0.2) is 29.9 Å². The van der Waals surface area contributed by atoms with Crippen molar-refractivity contribution < 1.29 is 18.8 Å². The van der Waals surface area contributed by atoms with Crippen LogP contribution >= 0.6 is 11.6 Å². The fourth-order valence-electron chi connectivity index (χ4n) is 2.67. The minimum atomic E-state index is -0.747. The maximum Gasteiger partial charge on any atom is 0.442 e. The van der Waals surface area contributed by atoms with Crippen molar-refractivity contribution in [3.8, 4) is 22.9 Å². The average Bonchev–Trinajstić information content (AvgIpc) is 3.05. The number of methoxy groups -OCH3 is 2. The van der Waals surface area contributed by atoms with E-state index in [2.05, 4.69) is 10.5 Å². The van der Waals surface area contributed by atoms with E-state index in [0.29, 0.717) is 27.8 Å². The van der Waals surface area contributed by atoms with E-state index in [1.807, 2.05) is 0 Å². The highest BCUT2D eigenvalue weighted by Gasteiger charge is 2.18. The van der Waals surface area contributed by atoms with Crippen LogP contribution in [0.5, 0.6) is 11.5 Å². The Hall–Kier alpha value is -3.26. The zero-order valence-electron chi connectivity index (χ0n) is 15.5. The number of anilines is 1. The highest BCUT2D eigenvalue weighted by Crippen LogP contribution is 2.31. The van der Waals surface area contributed by atoms with Crippen LogP contribution in [0.3, 0.4) is 0 Å². The molecule has 1 N–H and O–H groups in total. The molecule has 0 saturated carbocycles. The van der Waals surface area contributed by atoms with Gasteiger partial charge in [0.15, 0.2) is 17.3 Å². The number of halogens is 1. The number of nitrogens with zero attached hydrogens (tertiary/aromatic N) is 2. The molecule has 0 aliphatic carbocycles. The molecule has 8 nitrogen and oxygen atoms in total. The van der Waals surface area contributed by atoms with E-state index in [-0.39, 0.29) is 12.4 Å². The number of hydrogen-bond donors (Lipinski definition) is 1. The van der Waals surface area contributed by atoms with Gasteiger partial charge in [-0.3, -0.25) is 9.32 Å². The van der Waals surface area contributed by atoms with Crippen molar-refractivity contribution in [1.82, 2.24) is 9.72 Å². The van der Waals surface area contributed by atoms with Crippen molar-refractivity contribution in [3.63, 3.8) is 0 Å². The van der Waals surface area contributed by atoms with Gasteiger partial charge in [-0.25, -0.2) is 9.36 Å². The molecule has 0 atom stereocenters. The Balaban J connectivity index is 1.88. The first-order chi connectivity index (χ1) is 13.4. The lowest BCUT2D eigenvalue weighted by Crippen LogP contribution is -2.25. The van der Waals surface area contributed by atoms with E-state index in [0.717, 1.165) is 10.1 Å². The van der Waals surface area contributed by atoms with Crippen LogP contribution in [0, 0.1) is 6.92 Å². The standard InChI is InChI=1S/C19H18ClN3O5/c1-11-13(20)5-4-6-14(11)21-17(24)10-23-18(22-28-19(23)25)12-7-8-15(26-2)16(9-12)27-3/h4-9H,10H2,1-3H3,(H,21,24). The summed E-state index contributed by atoms with van der Waals surface area (Å²) in [4.78, 5) is 24.6. The van der Waals surface area contributed by atoms with Crippen LogP contribution in [0.1, 0.15) is 5.56 Å². The number of nitrogens with one attached hydrogen (secondary N) is 1. The summed E-state index contributed by atoms with van der Waals surface area (Å²) in [6.45, 7) is 1.51. The van der Waals surface area contributed by atoms with E-state index in [1.54, 1.807) is 43.3 Å². The first-order valence-corrected chi connectivity index (χ1v) is 8.66. The fraction of sp³-hybridized carbons (Fsp3) is 0.211. The van der Waals surface area contributed by atoms with Crippen molar-refractivity contribution in [1.29, 1.82) is 0 Å². The molecule has 1 heterocycles. The largest absolute Gasteiger partial charge is 0.493 e. The third-order valence-electron chi connectivity index (χ3n) is 4.17. The van der Waals surface area contributed by atoms with Gasteiger partial charge in [0.1, 0.15) is 6.54 Å². The van der Waals surface area contributed by atoms with Crippen LogP contribution < -0.4 is 20.5 Å². The first kappa shape index (κ1) is 19.5. The van der Waals surface area contributed by atoms with Crippen molar-refractivity contribution in [2.45, 2.75) is 13.5 Å². The van der Waals surface area contributed by atoms with E-state index in [1.165, 1.54) is 14.2 Å². The molecule has 0 spiro atoms. The molecule has 28 heavy (non-hydrogen) atoms. The van der Waals surface area contributed by atoms with Gasteiger partial charge in [0.25, 0.3) is 0 Å².